The van der Waals surface area contributed by atoms with Crippen molar-refractivity contribution in [3.05, 3.63) is 72.6 Å². The van der Waals surface area contributed by atoms with E-state index >= 15 is 0 Å². The Labute approximate surface area is 178 Å². The molecule has 3 rings (SSSR count). The van der Waals surface area contributed by atoms with Gasteiger partial charge in [0.25, 0.3) is 0 Å². The molecule has 0 aliphatic carbocycles. The molecule has 1 atom stereocenters. The quantitative estimate of drug-likeness (QED) is 0.645. The summed E-state index contributed by atoms with van der Waals surface area (Å²) in [6, 6.07) is 12.9. The second-order valence-electron chi connectivity index (χ2n) is 7.41. The molecule has 2 aromatic rings. The molecule has 1 aliphatic rings. The number of carbonyl (C=O) groups is 2. The van der Waals surface area contributed by atoms with E-state index in [9.17, 15) is 9.59 Å². The highest BCUT2D eigenvalue weighted by molar-refractivity contribution is 5.87. The Morgan fingerprint density at radius 1 is 1.23 bits per heavy atom. The molecule has 2 heterocycles. The summed E-state index contributed by atoms with van der Waals surface area (Å²) in [7, 11) is 0. The van der Waals surface area contributed by atoms with Gasteiger partial charge >= 0.3 is 0 Å². The summed E-state index contributed by atoms with van der Waals surface area (Å²) in [6.45, 7) is 5.17. The number of amides is 2. The van der Waals surface area contributed by atoms with Crippen molar-refractivity contribution in [2.45, 2.75) is 51.3 Å². The lowest BCUT2D eigenvalue weighted by molar-refractivity contribution is -0.141. The van der Waals surface area contributed by atoms with Gasteiger partial charge in [0.1, 0.15) is 18.4 Å². The van der Waals surface area contributed by atoms with Crippen molar-refractivity contribution < 1.29 is 14.3 Å². The Morgan fingerprint density at radius 3 is 2.80 bits per heavy atom. The van der Waals surface area contributed by atoms with E-state index in [1.807, 2.05) is 42.5 Å². The molecule has 1 fully saturated rings. The van der Waals surface area contributed by atoms with Crippen molar-refractivity contribution in [3.63, 3.8) is 0 Å². The predicted octanol–water partition coefficient (Wildman–Crippen LogP) is 3.62. The van der Waals surface area contributed by atoms with Gasteiger partial charge in [-0.15, -0.1) is 6.58 Å². The van der Waals surface area contributed by atoms with Crippen LogP contribution in [0.3, 0.4) is 0 Å². The molecule has 2 amide bonds. The number of ether oxygens (including phenoxy) is 1. The third-order valence-electron chi connectivity index (χ3n) is 5.15. The first-order valence-corrected chi connectivity index (χ1v) is 10.5. The highest BCUT2D eigenvalue weighted by Gasteiger charge is 2.30. The maximum absolute atomic E-state index is 12.9. The van der Waals surface area contributed by atoms with E-state index in [2.05, 4.69) is 16.9 Å². The third-order valence-corrected chi connectivity index (χ3v) is 5.15. The molecule has 158 valence electrons. The Kier molecular flexibility index (Phi) is 8.01. The number of hydrogen-bond donors (Lipinski definition) is 1. The molecular formula is C24H29N3O3. The van der Waals surface area contributed by atoms with Crippen LogP contribution >= 0.6 is 0 Å². The Bertz CT molecular complexity index is 837. The van der Waals surface area contributed by atoms with Crippen molar-refractivity contribution >= 4 is 11.8 Å². The van der Waals surface area contributed by atoms with E-state index in [0.29, 0.717) is 39.0 Å². The van der Waals surface area contributed by atoms with Crippen LogP contribution in [0.4, 0.5) is 0 Å². The summed E-state index contributed by atoms with van der Waals surface area (Å²) >= 11 is 0. The zero-order chi connectivity index (χ0) is 21.2. The van der Waals surface area contributed by atoms with E-state index in [4.69, 9.17) is 4.74 Å². The van der Waals surface area contributed by atoms with Gasteiger partial charge in [-0.1, -0.05) is 24.3 Å². The minimum Gasteiger partial charge on any atom is -0.487 e. The minimum atomic E-state index is -0.426. The lowest BCUT2D eigenvalue weighted by Gasteiger charge is -2.30. The number of rotatable bonds is 9. The van der Waals surface area contributed by atoms with Crippen LogP contribution in [0.25, 0.3) is 0 Å². The van der Waals surface area contributed by atoms with Crippen LogP contribution in [-0.4, -0.2) is 34.3 Å². The van der Waals surface area contributed by atoms with Crippen molar-refractivity contribution in [1.29, 1.82) is 0 Å². The first-order valence-electron chi connectivity index (χ1n) is 10.5. The molecule has 0 saturated carbocycles. The maximum Gasteiger partial charge on any atom is 0.242 e. The van der Waals surface area contributed by atoms with Crippen LogP contribution in [-0.2, 0) is 22.7 Å². The van der Waals surface area contributed by atoms with Crippen molar-refractivity contribution in [1.82, 2.24) is 15.2 Å². The molecule has 30 heavy (non-hydrogen) atoms. The molecule has 1 saturated heterocycles. The van der Waals surface area contributed by atoms with Crippen molar-refractivity contribution in [3.8, 4) is 5.75 Å². The first-order chi connectivity index (χ1) is 14.7. The molecular weight excluding hydrogens is 378 g/mol. The zero-order valence-corrected chi connectivity index (χ0v) is 17.3. The van der Waals surface area contributed by atoms with Gasteiger partial charge in [0.05, 0.1) is 5.69 Å². The number of nitrogens with one attached hydrogen (secondary N) is 1. The van der Waals surface area contributed by atoms with Gasteiger partial charge in [-0.2, -0.15) is 0 Å². The van der Waals surface area contributed by atoms with E-state index in [1.54, 1.807) is 17.2 Å². The second kappa shape index (κ2) is 11.1. The molecule has 0 radical (unpaired) electrons. The van der Waals surface area contributed by atoms with Crippen LogP contribution in [0.5, 0.6) is 5.75 Å². The van der Waals surface area contributed by atoms with Gasteiger partial charge in [0, 0.05) is 25.7 Å². The summed E-state index contributed by atoms with van der Waals surface area (Å²) in [5, 5.41) is 2.93. The van der Waals surface area contributed by atoms with Gasteiger partial charge < -0.3 is 15.0 Å². The van der Waals surface area contributed by atoms with Gasteiger partial charge in [0.2, 0.25) is 11.8 Å². The van der Waals surface area contributed by atoms with Gasteiger partial charge in [-0.05, 0) is 55.5 Å². The first kappa shape index (κ1) is 21.6. The van der Waals surface area contributed by atoms with Gasteiger partial charge in [-0.3, -0.25) is 14.6 Å². The number of allylic oxidation sites excluding steroid dienone is 1. The van der Waals surface area contributed by atoms with E-state index in [0.717, 1.165) is 29.8 Å². The number of nitrogens with zero attached hydrogens (tertiary/aromatic N) is 2. The van der Waals surface area contributed by atoms with E-state index in [1.165, 1.54) is 0 Å². The molecule has 6 nitrogen and oxygen atoms in total. The standard InChI is InChI=1S/C24H29N3O3/c1-2-3-10-23(28)27(22-9-5-7-16-26-24(22)29)17-19-11-13-21(14-12-19)30-18-20-8-4-6-15-25-20/h2,4,6,8,11-15,22H,1,3,5,7,9-10,16-18H2,(H,26,29). The van der Waals surface area contributed by atoms with Crippen LogP contribution in [0.2, 0.25) is 0 Å². The highest BCUT2D eigenvalue weighted by atomic mass is 16.5. The molecule has 1 aromatic heterocycles. The largest absolute Gasteiger partial charge is 0.487 e. The van der Waals surface area contributed by atoms with Gasteiger partial charge in [-0.25, -0.2) is 0 Å². The number of hydrogen-bond acceptors (Lipinski definition) is 4. The monoisotopic (exact) mass is 407 g/mol. The normalized spacial score (nSPS) is 16.3. The fraction of sp³-hybridized carbons (Fsp3) is 0.375. The molecule has 6 heteroatoms. The summed E-state index contributed by atoms with van der Waals surface area (Å²) in [5.41, 5.74) is 1.82. The van der Waals surface area contributed by atoms with E-state index < -0.39 is 6.04 Å². The predicted molar refractivity (Wildman–Crippen MR) is 116 cm³/mol. The smallest absolute Gasteiger partial charge is 0.242 e. The van der Waals surface area contributed by atoms with Crippen LogP contribution in [0.15, 0.2) is 61.3 Å². The zero-order valence-electron chi connectivity index (χ0n) is 17.3. The number of carbonyl (C=O) groups excluding carboxylic acids is 2. The number of benzene rings is 1. The molecule has 0 spiro atoms. The van der Waals surface area contributed by atoms with Crippen LogP contribution in [0, 0.1) is 0 Å². The molecule has 1 aliphatic heterocycles. The average molecular weight is 408 g/mol. The Balaban J connectivity index is 1.67. The molecule has 1 unspecified atom stereocenters. The molecule has 0 bridgehead atoms. The fourth-order valence-electron chi connectivity index (χ4n) is 3.49. The molecule has 1 N–H and O–H groups in total. The topological polar surface area (TPSA) is 71.5 Å². The van der Waals surface area contributed by atoms with Crippen LogP contribution < -0.4 is 10.1 Å². The third kappa shape index (κ3) is 6.17. The minimum absolute atomic E-state index is 0.0209. The summed E-state index contributed by atoms with van der Waals surface area (Å²) in [4.78, 5) is 31.4. The van der Waals surface area contributed by atoms with Crippen molar-refractivity contribution in [2.75, 3.05) is 6.54 Å². The van der Waals surface area contributed by atoms with Crippen LogP contribution in [0.1, 0.15) is 43.4 Å². The fourth-order valence-corrected chi connectivity index (χ4v) is 3.49. The number of aromatic nitrogens is 1. The van der Waals surface area contributed by atoms with Crippen molar-refractivity contribution in [2.24, 2.45) is 0 Å². The lowest BCUT2D eigenvalue weighted by Crippen LogP contribution is -2.48. The van der Waals surface area contributed by atoms with Gasteiger partial charge in [0.15, 0.2) is 0 Å². The summed E-state index contributed by atoms with van der Waals surface area (Å²) in [6.07, 6.45) is 6.99. The van der Waals surface area contributed by atoms with E-state index in [-0.39, 0.29) is 11.8 Å². The SMILES string of the molecule is C=CCCC(=O)N(Cc1ccc(OCc2ccccn2)cc1)C1CCCCNC1=O. The number of pyridine rings is 1. The average Bonchev–Trinajstić information content (AvgIpc) is 3.00. The highest BCUT2D eigenvalue weighted by Crippen LogP contribution is 2.20. The molecule has 1 aromatic carbocycles. The second-order valence-corrected chi connectivity index (χ2v) is 7.41. The Morgan fingerprint density at radius 2 is 2.07 bits per heavy atom. The Hall–Kier alpha value is -3.15. The lowest BCUT2D eigenvalue weighted by atomic mass is 10.1. The summed E-state index contributed by atoms with van der Waals surface area (Å²) in [5.74, 6) is 0.656. The summed E-state index contributed by atoms with van der Waals surface area (Å²) < 4.78 is 5.78. The maximum atomic E-state index is 12.9.